The van der Waals surface area contributed by atoms with Gasteiger partial charge in [-0.05, 0) is 60.7 Å². The molecule has 1 heterocycles. The van der Waals surface area contributed by atoms with E-state index in [2.05, 4.69) is 15.9 Å². The average Bonchev–Trinajstić information content (AvgIpc) is 3.08. The molecule has 1 saturated heterocycles. The second kappa shape index (κ2) is 10.2. The summed E-state index contributed by atoms with van der Waals surface area (Å²) in [5.41, 5.74) is -1.16. The minimum absolute atomic E-state index is 0.0813. The van der Waals surface area contributed by atoms with Crippen molar-refractivity contribution < 1.29 is 27.6 Å². The van der Waals surface area contributed by atoms with Gasteiger partial charge in [-0.25, -0.2) is 0 Å². The number of hydrogen-bond acceptors (Lipinski definition) is 6. The summed E-state index contributed by atoms with van der Waals surface area (Å²) in [5.74, 6) is -0.713. The van der Waals surface area contributed by atoms with E-state index in [1.165, 1.54) is 17.0 Å². The second-order valence-corrected chi connectivity index (χ2v) is 10.2. The number of rotatable bonds is 5. The number of carbonyl (C=O) groups is 1. The van der Waals surface area contributed by atoms with E-state index in [-0.39, 0.29) is 15.0 Å². The number of nitro groups is 1. The Balaban J connectivity index is 1.70. The van der Waals surface area contributed by atoms with Crippen LogP contribution < -0.4 is 9.64 Å². The molecule has 1 aliphatic rings. The van der Waals surface area contributed by atoms with Crippen LogP contribution in [-0.2, 0) is 11.0 Å². The van der Waals surface area contributed by atoms with Gasteiger partial charge in [-0.1, -0.05) is 51.5 Å². The zero-order valence-electron chi connectivity index (χ0n) is 17.6. The van der Waals surface area contributed by atoms with E-state index in [0.717, 1.165) is 17.8 Å². The Hall–Kier alpha value is -2.93. The minimum atomic E-state index is -4.76. The van der Waals surface area contributed by atoms with E-state index in [1.54, 1.807) is 36.4 Å². The van der Waals surface area contributed by atoms with Crippen LogP contribution in [0.5, 0.6) is 11.5 Å². The van der Waals surface area contributed by atoms with Crippen LogP contribution in [0.2, 0.25) is 5.02 Å². The van der Waals surface area contributed by atoms with Crippen LogP contribution in [0.25, 0.3) is 6.08 Å². The molecular formula is C23H11BrClF3N2O4S2. The third kappa shape index (κ3) is 5.56. The van der Waals surface area contributed by atoms with Crippen molar-refractivity contribution in [2.45, 2.75) is 6.18 Å². The highest BCUT2D eigenvalue weighted by Gasteiger charge is 2.35. The zero-order valence-corrected chi connectivity index (χ0v) is 21.6. The molecule has 1 fully saturated rings. The number of nitrogens with zero attached hydrogens (tertiary/aromatic N) is 2. The van der Waals surface area contributed by atoms with Crippen LogP contribution >= 0.6 is 51.5 Å². The molecule has 0 bridgehead atoms. The highest BCUT2D eigenvalue weighted by atomic mass is 79.9. The van der Waals surface area contributed by atoms with Gasteiger partial charge in [0.05, 0.1) is 21.1 Å². The number of anilines is 1. The van der Waals surface area contributed by atoms with Crippen molar-refractivity contribution in [2.24, 2.45) is 0 Å². The molecule has 0 atom stereocenters. The summed E-state index contributed by atoms with van der Waals surface area (Å²) in [5, 5.41) is 11.9. The molecule has 0 radical (unpaired) electrons. The van der Waals surface area contributed by atoms with Gasteiger partial charge in [0.1, 0.15) is 5.75 Å². The maximum absolute atomic E-state index is 13.1. The molecule has 0 unspecified atom stereocenters. The molecule has 0 aliphatic carbocycles. The molecule has 4 rings (SSSR count). The van der Waals surface area contributed by atoms with Gasteiger partial charge in [0, 0.05) is 21.1 Å². The highest BCUT2D eigenvalue weighted by Crippen LogP contribution is 2.41. The number of amides is 1. The standard InChI is InChI=1S/C23H11BrClF3N2O4S2/c24-14-2-8-18(34-19-7-1-13(23(26,27)28)11-17(19)30(32)33)12(9-14)10-20-21(31)29(22(35)36-20)16-5-3-15(25)4-6-16/h1-11H/b20-10-. The lowest BCUT2D eigenvalue weighted by atomic mass is 10.1. The lowest BCUT2D eigenvalue weighted by Crippen LogP contribution is -2.27. The fourth-order valence-corrected chi connectivity index (χ4v) is 4.98. The number of carbonyl (C=O) groups excluding carboxylic acids is 1. The van der Waals surface area contributed by atoms with Crippen molar-refractivity contribution in [3.63, 3.8) is 0 Å². The minimum Gasteiger partial charge on any atom is -0.449 e. The van der Waals surface area contributed by atoms with E-state index < -0.39 is 34.0 Å². The van der Waals surface area contributed by atoms with Gasteiger partial charge in [-0.2, -0.15) is 13.2 Å². The fraction of sp³-hybridized carbons (Fsp3) is 0.0435. The summed E-state index contributed by atoms with van der Waals surface area (Å²) in [4.78, 5) is 25.2. The van der Waals surface area contributed by atoms with Crippen molar-refractivity contribution in [1.82, 2.24) is 0 Å². The lowest BCUT2D eigenvalue weighted by molar-refractivity contribution is -0.385. The van der Waals surface area contributed by atoms with Gasteiger partial charge >= 0.3 is 11.9 Å². The number of nitro benzene ring substituents is 1. The van der Waals surface area contributed by atoms with E-state index in [9.17, 15) is 28.1 Å². The number of alkyl halides is 3. The maximum atomic E-state index is 13.1. The summed E-state index contributed by atoms with van der Waals surface area (Å²) in [7, 11) is 0. The number of halogens is 5. The molecule has 0 saturated carbocycles. The molecule has 184 valence electrons. The SMILES string of the molecule is O=C1/C(=C/c2cc(Br)ccc2Oc2ccc(C(F)(F)F)cc2[N+](=O)[O-])SC(=S)N1c1ccc(Cl)cc1. The first-order valence-corrected chi connectivity index (χ1v) is 12.2. The lowest BCUT2D eigenvalue weighted by Gasteiger charge is -2.14. The van der Waals surface area contributed by atoms with Gasteiger partial charge in [0.25, 0.3) is 5.91 Å². The summed E-state index contributed by atoms with van der Waals surface area (Å²) in [6, 6.07) is 13.2. The monoisotopic (exact) mass is 614 g/mol. The van der Waals surface area contributed by atoms with E-state index in [1.807, 2.05) is 0 Å². The van der Waals surface area contributed by atoms with Crippen LogP contribution in [0, 0.1) is 10.1 Å². The summed E-state index contributed by atoms with van der Waals surface area (Å²) >= 11 is 15.6. The number of ether oxygens (including phenoxy) is 1. The van der Waals surface area contributed by atoms with Crippen molar-refractivity contribution in [3.05, 3.63) is 96.3 Å². The fourth-order valence-electron chi connectivity index (χ4n) is 3.19. The molecule has 6 nitrogen and oxygen atoms in total. The first-order chi connectivity index (χ1) is 16.9. The summed E-state index contributed by atoms with van der Waals surface area (Å²) in [6.07, 6.45) is -3.27. The van der Waals surface area contributed by atoms with Crippen LogP contribution in [0.4, 0.5) is 24.5 Å². The van der Waals surface area contributed by atoms with Gasteiger partial charge < -0.3 is 4.74 Å². The molecule has 3 aromatic carbocycles. The van der Waals surface area contributed by atoms with Crippen LogP contribution in [0.15, 0.2) is 70.0 Å². The predicted molar refractivity (Wildman–Crippen MR) is 139 cm³/mol. The topological polar surface area (TPSA) is 72.7 Å². The largest absolute Gasteiger partial charge is 0.449 e. The Morgan fingerprint density at radius 3 is 2.39 bits per heavy atom. The van der Waals surface area contributed by atoms with Crippen molar-refractivity contribution in [1.29, 1.82) is 0 Å². The second-order valence-electron chi connectivity index (χ2n) is 7.22. The number of benzene rings is 3. The Bertz CT molecular complexity index is 1430. The molecule has 0 spiro atoms. The smallest absolute Gasteiger partial charge is 0.416 e. The van der Waals surface area contributed by atoms with E-state index in [4.69, 9.17) is 28.6 Å². The number of hydrogen-bond donors (Lipinski definition) is 0. The van der Waals surface area contributed by atoms with Gasteiger partial charge in [-0.15, -0.1) is 0 Å². The molecule has 0 N–H and O–H groups in total. The molecule has 1 amide bonds. The molecule has 13 heteroatoms. The summed E-state index contributed by atoms with van der Waals surface area (Å²) in [6.45, 7) is 0. The normalized spacial score (nSPS) is 15.0. The zero-order chi connectivity index (χ0) is 26.2. The van der Waals surface area contributed by atoms with Gasteiger partial charge in [-0.3, -0.25) is 19.8 Å². The third-order valence-electron chi connectivity index (χ3n) is 4.84. The van der Waals surface area contributed by atoms with Crippen molar-refractivity contribution in [3.8, 4) is 11.5 Å². The predicted octanol–water partition coefficient (Wildman–Crippen LogP) is 8.23. The first kappa shape index (κ1) is 26.1. The van der Waals surface area contributed by atoms with E-state index >= 15 is 0 Å². The Morgan fingerprint density at radius 2 is 1.75 bits per heavy atom. The average molecular weight is 616 g/mol. The number of thiocarbonyl (C=S) groups is 1. The van der Waals surface area contributed by atoms with Crippen molar-refractivity contribution in [2.75, 3.05) is 4.90 Å². The molecule has 0 aromatic heterocycles. The Morgan fingerprint density at radius 1 is 1.08 bits per heavy atom. The van der Waals surface area contributed by atoms with E-state index in [0.29, 0.717) is 32.9 Å². The van der Waals surface area contributed by atoms with Crippen LogP contribution in [0.3, 0.4) is 0 Å². The van der Waals surface area contributed by atoms with Crippen LogP contribution in [-0.4, -0.2) is 15.2 Å². The van der Waals surface area contributed by atoms with Crippen LogP contribution in [0.1, 0.15) is 11.1 Å². The maximum Gasteiger partial charge on any atom is 0.416 e. The molecular weight excluding hydrogens is 605 g/mol. The Labute approximate surface area is 225 Å². The molecule has 1 aliphatic heterocycles. The van der Waals surface area contributed by atoms with Crippen molar-refractivity contribution >= 4 is 79.2 Å². The molecule has 3 aromatic rings. The summed E-state index contributed by atoms with van der Waals surface area (Å²) < 4.78 is 45.7. The highest BCUT2D eigenvalue weighted by molar-refractivity contribution is 9.10. The molecule has 36 heavy (non-hydrogen) atoms. The quantitative estimate of drug-likeness (QED) is 0.125. The Kier molecular flexibility index (Phi) is 7.41. The van der Waals surface area contributed by atoms with Gasteiger partial charge in [0.15, 0.2) is 4.32 Å². The third-order valence-corrected chi connectivity index (χ3v) is 6.89. The first-order valence-electron chi connectivity index (χ1n) is 9.80. The number of thioether (sulfide) groups is 1. The van der Waals surface area contributed by atoms with Gasteiger partial charge in [0.2, 0.25) is 5.75 Å².